The first kappa shape index (κ1) is 18.6. The lowest BCUT2D eigenvalue weighted by Crippen LogP contribution is -2.50. The third kappa shape index (κ3) is 6.00. The fourth-order valence-corrected chi connectivity index (χ4v) is 2.68. The molecule has 0 radical (unpaired) electrons. The lowest BCUT2D eigenvalue weighted by Gasteiger charge is -2.12. The number of thioether (sulfide) groups is 1. The Hall–Kier alpha value is -2.74. The van der Waals surface area contributed by atoms with Crippen molar-refractivity contribution >= 4 is 29.5 Å². The molecule has 0 saturated heterocycles. The van der Waals surface area contributed by atoms with Gasteiger partial charge in [0.1, 0.15) is 5.76 Å². The third-order valence-corrected chi connectivity index (χ3v) is 4.32. The molecule has 2 rings (SSSR count). The second-order valence-corrected chi connectivity index (χ2v) is 6.69. The summed E-state index contributed by atoms with van der Waals surface area (Å²) in [5, 5.41) is 1.95. The Balaban J connectivity index is 1.73. The van der Waals surface area contributed by atoms with Crippen LogP contribution in [0.5, 0.6) is 0 Å². The molecule has 8 heteroatoms. The zero-order chi connectivity index (χ0) is 18.2. The molecule has 1 aromatic carbocycles. The summed E-state index contributed by atoms with van der Waals surface area (Å²) in [6, 6.07) is 11.1. The van der Waals surface area contributed by atoms with Gasteiger partial charge in [-0.15, -0.1) is 11.8 Å². The minimum Gasteiger partial charge on any atom is -0.467 e. The highest BCUT2D eigenvalue weighted by Gasteiger charge is 2.18. The Morgan fingerprint density at radius 1 is 1.08 bits per heavy atom. The predicted octanol–water partition coefficient (Wildman–Crippen LogP) is 1.53. The molecule has 0 unspecified atom stereocenters. The van der Waals surface area contributed by atoms with E-state index < -0.39 is 23.0 Å². The summed E-state index contributed by atoms with van der Waals surface area (Å²) >= 11 is 1.35. The van der Waals surface area contributed by atoms with Gasteiger partial charge in [-0.1, -0.05) is 17.7 Å². The first-order valence-electron chi connectivity index (χ1n) is 7.59. The number of carbonyl (C=O) groups excluding carboxylic acids is 3. The van der Waals surface area contributed by atoms with Crippen molar-refractivity contribution in [3.63, 3.8) is 0 Å². The Bertz CT molecular complexity index is 729. The summed E-state index contributed by atoms with van der Waals surface area (Å²) in [7, 11) is 0. The second-order valence-electron chi connectivity index (χ2n) is 5.28. The molecule has 1 atom stereocenters. The molecule has 7 nitrogen and oxygen atoms in total. The molecule has 0 aliphatic rings. The highest BCUT2D eigenvalue weighted by Crippen LogP contribution is 2.23. The highest BCUT2D eigenvalue weighted by molar-refractivity contribution is 8.00. The molecule has 1 aromatic heterocycles. The minimum absolute atomic E-state index is 0.0902. The monoisotopic (exact) mass is 361 g/mol. The second kappa shape index (κ2) is 8.93. The number of aryl methyl sites for hydroxylation is 1. The van der Waals surface area contributed by atoms with Crippen LogP contribution in [0.2, 0.25) is 0 Å². The van der Waals surface area contributed by atoms with Gasteiger partial charge in [-0.2, -0.15) is 0 Å². The fourth-order valence-electron chi connectivity index (χ4n) is 1.81. The molecule has 25 heavy (non-hydrogen) atoms. The van der Waals surface area contributed by atoms with Crippen molar-refractivity contribution in [2.24, 2.45) is 0 Å². The number of hydrogen-bond acceptors (Lipinski definition) is 5. The Kier molecular flexibility index (Phi) is 6.64. The van der Waals surface area contributed by atoms with Crippen LogP contribution in [0.1, 0.15) is 18.2 Å². The van der Waals surface area contributed by atoms with E-state index in [1.54, 1.807) is 19.1 Å². The van der Waals surface area contributed by atoms with Crippen LogP contribution in [-0.2, 0) is 20.9 Å². The molecular weight excluding hydrogens is 342 g/mol. The SMILES string of the molecule is Cc1ccc(S[C@@H](C)C(=O)NNC(=O)C(=O)NCc2ccco2)cc1. The van der Waals surface area contributed by atoms with Crippen LogP contribution in [-0.4, -0.2) is 23.0 Å². The van der Waals surface area contributed by atoms with E-state index in [0.717, 1.165) is 10.5 Å². The topological polar surface area (TPSA) is 100 Å². The molecule has 1 heterocycles. The van der Waals surface area contributed by atoms with Crippen molar-refractivity contribution in [3.8, 4) is 0 Å². The number of benzene rings is 1. The van der Waals surface area contributed by atoms with Crippen LogP contribution < -0.4 is 16.2 Å². The Morgan fingerprint density at radius 2 is 1.80 bits per heavy atom. The zero-order valence-corrected chi connectivity index (χ0v) is 14.7. The summed E-state index contributed by atoms with van der Waals surface area (Å²) in [6.45, 7) is 3.78. The smallest absolute Gasteiger partial charge is 0.327 e. The molecule has 3 amide bonds. The lowest BCUT2D eigenvalue weighted by molar-refractivity contribution is -0.141. The zero-order valence-electron chi connectivity index (χ0n) is 13.9. The maximum Gasteiger partial charge on any atom is 0.327 e. The Labute approximate surface area is 149 Å². The van der Waals surface area contributed by atoms with Gasteiger partial charge in [-0.05, 0) is 38.1 Å². The summed E-state index contributed by atoms with van der Waals surface area (Å²) in [5.41, 5.74) is 5.47. The van der Waals surface area contributed by atoms with Gasteiger partial charge < -0.3 is 9.73 Å². The number of hydrazine groups is 1. The van der Waals surface area contributed by atoms with Gasteiger partial charge in [-0.25, -0.2) is 0 Å². The van der Waals surface area contributed by atoms with E-state index in [-0.39, 0.29) is 6.54 Å². The molecular formula is C17H19N3O4S. The maximum absolute atomic E-state index is 12.0. The molecule has 0 bridgehead atoms. The van der Waals surface area contributed by atoms with Gasteiger partial charge in [0.15, 0.2) is 0 Å². The van der Waals surface area contributed by atoms with Gasteiger partial charge in [-0.3, -0.25) is 25.2 Å². The van der Waals surface area contributed by atoms with E-state index in [1.807, 2.05) is 31.2 Å². The van der Waals surface area contributed by atoms with Crippen molar-refractivity contribution in [2.75, 3.05) is 0 Å². The van der Waals surface area contributed by atoms with E-state index in [2.05, 4.69) is 16.2 Å². The van der Waals surface area contributed by atoms with Crippen LogP contribution >= 0.6 is 11.8 Å². The van der Waals surface area contributed by atoms with Crippen molar-refractivity contribution < 1.29 is 18.8 Å². The van der Waals surface area contributed by atoms with Gasteiger partial charge in [0.2, 0.25) is 0 Å². The standard InChI is InChI=1S/C17H19N3O4S/c1-11-5-7-14(8-6-11)25-12(2)15(21)19-20-17(23)16(22)18-10-13-4-3-9-24-13/h3-9,12H,10H2,1-2H3,(H,18,22)(H,19,21)(H,20,23)/t12-/m0/s1. The van der Waals surface area contributed by atoms with E-state index in [4.69, 9.17) is 4.42 Å². The van der Waals surface area contributed by atoms with E-state index in [0.29, 0.717) is 5.76 Å². The number of nitrogens with one attached hydrogen (secondary N) is 3. The van der Waals surface area contributed by atoms with Crippen molar-refractivity contribution in [3.05, 3.63) is 54.0 Å². The molecule has 0 saturated carbocycles. The fraction of sp³-hybridized carbons (Fsp3) is 0.235. The molecule has 2 aromatic rings. The summed E-state index contributed by atoms with van der Waals surface area (Å²) in [6.07, 6.45) is 1.47. The first-order chi connectivity index (χ1) is 12.0. The summed E-state index contributed by atoms with van der Waals surface area (Å²) < 4.78 is 5.04. The number of furan rings is 1. The molecule has 0 aliphatic carbocycles. The normalized spacial score (nSPS) is 11.4. The molecule has 132 valence electrons. The molecule has 0 spiro atoms. The molecule has 3 N–H and O–H groups in total. The largest absolute Gasteiger partial charge is 0.467 e. The minimum atomic E-state index is -0.951. The average Bonchev–Trinajstić information content (AvgIpc) is 3.12. The van der Waals surface area contributed by atoms with Crippen molar-refractivity contribution in [1.29, 1.82) is 0 Å². The van der Waals surface area contributed by atoms with Crippen molar-refractivity contribution in [1.82, 2.24) is 16.2 Å². The predicted molar refractivity (Wildman–Crippen MR) is 93.3 cm³/mol. The van der Waals surface area contributed by atoms with Crippen LogP contribution in [0.3, 0.4) is 0 Å². The molecule has 0 aliphatic heterocycles. The maximum atomic E-state index is 12.0. The quantitative estimate of drug-likeness (QED) is 0.426. The Morgan fingerprint density at radius 3 is 2.44 bits per heavy atom. The van der Waals surface area contributed by atoms with Gasteiger partial charge in [0, 0.05) is 4.90 Å². The first-order valence-corrected chi connectivity index (χ1v) is 8.47. The lowest BCUT2D eigenvalue weighted by atomic mass is 10.2. The van der Waals surface area contributed by atoms with Crippen LogP contribution in [0.15, 0.2) is 52.0 Å². The molecule has 0 fully saturated rings. The third-order valence-electron chi connectivity index (χ3n) is 3.21. The summed E-state index contributed by atoms with van der Waals surface area (Å²) in [4.78, 5) is 36.2. The summed E-state index contributed by atoms with van der Waals surface area (Å²) in [5.74, 6) is -1.70. The number of hydrogen-bond donors (Lipinski definition) is 3. The highest BCUT2D eigenvalue weighted by atomic mass is 32.2. The average molecular weight is 361 g/mol. The van der Waals surface area contributed by atoms with E-state index in [1.165, 1.54) is 18.0 Å². The van der Waals surface area contributed by atoms with Crippen LogP contribution in [0, 0.1) is 6.92 Å². The number of rotatable bonds is 5. The number of carbonyl (C=O) groups is 3. The van der Waals surface area contributed by atoms with E-state index >= 15 is 0 Å². The van der Waals surface area contributed by atoms with Crippen LogP contribution in [0.25, 0.3) is 0 Å². The van der Waals surface area contributed by atoms with Crippen LogP contribution in [0.4, 0.5) is 0 Å². The van der Waals surface area contributed by atoms with Gasteiger partial charge in [0.05, 0.1) is 18.1 Å². The van der Waals surface area contributed by atoms with Crippen molar-refractivity contribution in [2.45, 2.75) is 30.5 Å². The number of amides is 3. The van der Waals surface area contributed by atoms with E-state index in [9.17, 15) is 14.4 Å². The van der Waals surface area contributed by atoms with Gasteiger partial charge >= 0.3 is 11.8 Å². The van der Waals surface area contributed by atoms with Gasteiger partial charge in [0.25, 0.3) is 5.91 Å².